The van der Waals surface area contributed by atoms with E-state index in [1.807, 2.05) is 20.2 Å². The third-order valence-electron chi connectivity index (χ3n) is 9.55. The average molecular weight is 730 g/mol. The Bertz CT molecular complexity index is 1010. The molecule has 0 aromatic carbocycles. The molecule has 0 N–H and O–H groups in total. The molecule has 3 unspecified atom stereocenters. The molecule has 0 saturated carbocycles. The van der Waals surface area contributed by atoms with Crippen molar-refractivity contribution in [3.63, 3.8) is 0 Å². The van der Waals surface area contributed by atoms with Gasteiger partial charge in [0.1, 0.15) is 6.10 Å². The van der Waals surface area contributed by atoms with Crippen molar-refractivity contribution >= 4 is 17.9 Å². The van der Waals surface area contributed by atoms with Crippen LogP contribution in [0.4, 0.5) is 0 Å². The molecule has 0 aromatic rings. The van der Waals surface area contributed by atoms with Gasteiger partial charge in [0.05, 0.1) is 19.6 Å². The van der Waals surface area contributed by atoms with E-state index in [1.54, 1.807) is 0 Å². The molecule has 7 nitrogen and oxygen atoms in total. The second-order valence-electron chi connectivity index (χ2n) is 15.2. The smallest absolute Gasteiger partial charge is 0.306 e. The normalized spacial score (nSPS) is 12.7. The molecule has 0 heterocycles. The summed E-state index contributed by atoms with van der Waals surface area (Å²) in [5.74, 6) is 0.271. The summed E-state index contributed by atoms with van der Waals surface area (Å²) in [6, 6.07) is 0. The van der Waals surface area contributed by atoms with Crippen LogP contribution in [0.1, 0.15) is 188 Å². The molecule has 0 aliphatic heterocycles. The number of nitrogens with zero attached hydrogens (tertiary/aromatic N) is 1. The molecular formula is C45H79NO6. The van der Waals surface area contributed by atoms with Crippen molar-refractivity contribution in [3.05, 3.63) is 29.8 Å². The van der Waals surface area contributed by atoms with Crippen molar-refractivity contribution in [1.82, 2.24) is 4.90 Å². The molecule has 0 amide bonds. The summed E-state index contributed by atoms with van der Waals surface area (Å²) in [6.45, 7) is 11.9. The highest BCUT2D eigenvalue weighted by atomic mass is 16.5. The van der Waals surface area contributed by atoms with Gasteiger partial charge in [0.15, 0.2) is 0 Å². The van der Waals surface area contributed by atoms with E-state index in [0.717, 1.165) is 135 Å². The zero-order chi connectivity index (χ0) is 38.5. The highest BCUT2D eigenvalue weighted by molar-refractivity contribution is 5.70. The van der Waals surface area contributed by atoms with E-state index >= 15 is 0 Å². The predicted octanol–water partition coefficient (Wildman–Crippen LogP) is 11.6. The summed E-state index contributed by atoms with van der Waals surface area (Å²) in [7, 11) is 4.05. The van der Waals surface area contributed by atoms with E-state index < -0.39 is 0 Å². The monoisotopic (exact) mass is 730 g/mol. The lowest BCUT2D eigenvalue weighted by Gasteiger charge is -2.18. The Kier molecular flexibility index (Phi) is 35.0. The van der Waals surface area contributed by atoms with E-state index in [0.29, 0.717) is 38.4 Å². The number of ether oxygens (including phenoxy) is 3. The van der Waals surface area contributed by atoms with Gasteiger partial charge in [-0.15, -0.1) is 0 Å². The van der Waals surface area contributed by atoms with Crippen LogP contribution in [-0.4, -0.2) is 62.8 Å². The summed E-state index contributed by atoms with van der Waals surface area (Å²) in [5, 5.41) is 0. The first kappa shape index (κ1) is 49.5. The molecule has 0 spiro atoms. The zero-order valence-corrected chi connectivity index (χ0v) is 34.4. The SMILES string of the molecule is C=C=C=C=CC(CCCCC)CC(=O)OCCCCCCCCC(CCCCCCCCOC(=O)CC(C)CCCCC)OC(=O)CCCN(C)C. The molecule has 0 saturated heterocycles. The Labute approximate surface area is 320 Å². The van der Waals surface area contributed by atoms with Crippen LogP contribution in [-0.2, 0) is 28.6 Å². The topological polar surface area (TPSA) is 82.1 Å². The van der Waals surface area contributed by atoms with E-state index in [2.05, 4.69) is 49.4 Å². The van der Waals surface area contributed by atoms with Gasteiger partial charge in [-0.3, -0.25) is 14.4 Å². The van der Waals surface area contributed by atoms with E-state index in [9.17, 15) is 14.4 Å². The van der Waals surface area contributed by atoms with Gasteiger partial charge in [0.25, 0.3) is 0 Å². The van der Waals surface area contributed by atoms with Crippen molar-refractivity contribution in [3.8, 4) is 0 Å². The Hall–Kier alpha value is -2.55. The third kappa shape index (κ3) is 34.5. The third-order valence-corrected chi connectivity index (χ3v) is 9.55. The quantitative estimate of drug-likeness (QED) is 0.0275. The first-order valence-corrected chi connectivity index (χ1v) is 21.2. The molecule has 0 aromatic heterocycles. The van der Waals surface area contributed by atoms with E-state index in [4.69, 9.17) is 14.2 Å². The van der Waals surface area contributed by atoms with Gasteiger partial charge >= 0.3 is 17.9 Å². The summed E-state index contributed by atoms with van der Waals surface area (Å²) in [6.07, 6.45) is 27.9. The fourth-order valence-corrected chi connectivity index (χ4v) is 6.35. The summed E-state index contributed by atoms with van der Waals surface area (Å²) >= 11 is 0. The van der Waals surface area contributed by atoms with E-state index in [1.165, 1.54) is 19.3 Å². The molecule has 300 valence electrons. The summed E-state index contributed by atoms with van der Waals surface area (Å²) < 4.78 is 17.0. The Morgan fingerprint density at radius 2 is 1.13 bits per heavy atom. The molecule has 0 bridgehead atoms. The number of hydrogen-bond donors (Lipinski definition) is 0. The van der Waals surface area contributed by atoms with Crippen molar-refractivity contribution in [2.24, 2.45) is 11.8 Å². The van der Waals surface area contributed by atoms with Crippen LogP contribution in [0, 0.1) is 11.8 Å². The number of carbonyl (C=O) groups is 3. The van der Waals surface area contributed by atoms with Gasteiger partial charge in [-0.2, -0.15) is 0 Å². The minimum atomic E-state index is -0.138. The fraction of sp³-hybridized carbons (Fsp3) is 0.822. The zero-order valence-electron chi connectivity index (χ0n) is 34.4. The van der Waals surface area contributed by atoms with Crippen LogP contribution in [0.5, 0.6) is 0 Å². The van der Waals surface area contributed by atoms with Gasteiger partial charge in [-0.05, 0) is 102 Å². The van der Waals surface area contributed by atoms with Crippen molar-refractivity contribution in [1.29, 1.82) is 0 Å². The lowest BCUT2D eigenvalue weighted by atomic mass is 9.98. The average Bonchev–Trinajstić information content (AvgIpc) is 3.10. The molecule has 0 rings (SSSR count). The number of rotatable bonds is 36. The molecule has 3 atom stereocenters. The van der Waals surface area contributed by atoms with Crippen LogP contribution in [0.2, 0.25) is 0 Å². The number of hydrogen-bond acceptors (Lipinski definition) is 7. The largest absolute Gasteiger partial charge is 0.466 e. The number of unbranched alkanes of at least 4 members (excludes halogenated alkanes) is 14. The Morgan fingerprint density at radius 1 is 0.635 bits per heavy atom. The van der Waals surface area contributed by atoms with E-state index in [-0.39, 0.29) is 29.9 Å². The molecule has 0 aliphatic rings. The molecule has 7 heteroatoms. The Balaban J connectivity index is 4.27. The van der Waals surface area contributed by atoms with Crippen LogP contribution < -0.4 is 0 Å². The number of esters is 3. The minimum absolute atomic E-state index is 0.000952. The minimum Gasteiger partial charge on any atom is -0.466 e. The van der Waals surface area contributed by atoms with Crippen molar-refractivity contribution < 1.29 is 28.6 Å². The summed E-state index contributed by atoms with van der Waals surface area (Å²) in [5.41, 5.74) is 8.23. The summed E-state index contributed by atoms with van der Waals surface area (Å²) in [4.78, 5) is 39.1. The maximum atomic E-state index is 12.6. The van der Waals surface area contributed by atoms with Gasteiger partial charge in [0.2, 0.25) is 0 Å². The number of allylic oxidation sites excluding steroid dienone is 1. The van der Waals surface area contributed by atoms with Crippen LogP contribution in [0.15, 0.2) is 29.8 Å². The first-order valence-electron chi connectivity index (χ1n) is 21.2. The highest BCUT2D eigenvalue weighted by Crippen LogP contribution is 2.19. The molecule has 0 radical (unpaired) electrons. The fourth-order valence-electron chi connectivity index (χ4n) is 6.35. The number of carbonyl (C=O) groups excluding carboxylic acids is 3. The van der Waals surface area contributed by atoms with Crippen LogP contribution >= 0.6 is 0 Å². The first-order chi connectivity index (χ1) is 25.2. The standard InChI is InChI=1S/C45H79NO6/c1-7-10-21-29-40(4)38-44(48)50-36-26-19-15-13-17-24-32-42(52-43(47)34-28-35-46(5)6)33-25-18-14-16-20-27-37-51-45(49)39-41(30-22-11-8-2)31-23-12-9-3/h30,40-42H,2,7,9-10,12-21,23-29,31-39H2,1,3-6H3. The lowest BCUT2D eigenvalue weighted by molar-refractivity contribution is -0.150. The predicted molar refractivity (Wildman–Crippen MR) is 215 cm³/mol. The molecule has 0 fully saturated rings. The molecule has 52 heavy (non-hydrogen) atoms. The maximum Gasteiger partial charge on any atom is 0.306 e. The van der Waals surface area contributed by atoms with Gasteiger partial charge in [0, 0.05) is 12.8 Å². The van der Waals surface area contributed by atoms with Gasteiger partial charge in [-0.1, -0.05) is 129 Å². The van der Waals surface area contributed by atoms with Crippen molar-refractivity contribution in [2.45, 2.75) is 194 Å². The maximum absolute atomic E-state index is 12.6. The van der Waals surface area contributed by atoms with Crippen LogP contribution in [0.25, 0.3) is 0 Å². The Morgan fingerprint density at radius 3 is 1.67 bits per heavy atom. The molecular weight excluding hydrogens is 650 g/mol. The van der Waals surface area contributed by atoms with Crippen molar-refractivity contribution in [2.75, 3.05) is 33.9 Å². The second kappa shape index (κ2) is 36.8. The lowest BCUT2D eigenvalue weighted by Crippen LogP contribution is -2.20. The second-order valence-corrected chi connectivity index (χ2v) is 15.2. The van der Waals surface area contributed by atoms with Crippen LogP contribution in [0.3, 0.4) is 0 Å². The van der Waals surface area contributed by atoms with Gasteiger partial charge < -0.3 is 19.1 Å². The van der Waals surface area contributed by atoms with Gasteiger partial charge in [-0.25, -0.2) is 0 Å². The highest BCUT2D eigenvalue weighted by Gasteiger charge is 2.15. The molecule has 0 aliphatic carbocycles.